The van der Waals surface area contributed by atoms with Crippen molar-refractivity contribution in [3.63, 3.8) is 0 Å². The van der Waals surface area contributed by atoms with Gasteiger partial charge in [-0.3, -0.25) is 19.8 Å². The quantitative estimate of drug-likeness (QED) is 0.282. The van der Waals surface area contributed by atoms with Gasteiger partial charge in [0.05, 0.1) is 44.0 Å². The normalized spacial score (nSPS) is 17.4. The third-order valence-corrected chi connectivity index (χ3v) is 8.56. The maximum atomic E-state index is 14.4. The third kappa shape index (κ3) is 9.71. The number of amides is 3. The van der Waals surface area contributed by atoms with E-state index in [1.807, 2.05) is 36.9 Å². The Morgan fingerprint density at radius 1 is 1.14 bits per heavy atom. The lowest BCUT2D eigenvalue weighted by molar-refractivity contribution is -0.137. The van der Waals surface area contributed by atoms with Gasteiger partial charge in [0.1, 0.15) is 11.3 Å². The first-order valence-corrected chi connectivity index (χ1v) is 16.6. The molecule has 0 aromatic carbocycles. The Labute approximate surface area is 293 Å². The minimum Gasteiger partial charge on any atom is -0.453 e. The van der Waals surface area contributed by atoms with Crippen molar-refractivity contribution in [3.05, 3.63) is 47.8 Å². The second-order valence-corrected chi connectivity index (χ2v) is 12.7. The standard InChI is InChI=1S/C33H43F3N10O5/c1-22-21-51-14-13-45(22)31-26-15-23(19-43-9-11-44(12-10-43)29(48)18-38-28(47)7-5-6-8-42(2)3)20-46(26)41-30(40-31)24-17-37-27(39-32(49)50-4)16-25(24)33(34,35)36/h5,7,15-17,20,22H,6,8-14,18-19,21H2,1-4H3,(H,38,47)(H,37,39,49)/b7-5+/t22-/m0/s1. The van der Waals surface area contributed by atoms with Crippen LogP contribution in [0.3, 0.4) is 0 Å². The number of hydrogen-bond acceptors (Lipinski definition) is 11. The summed E-state index contributed by atoms with van der Waals surface area (Å²) in [6.45, 7) is 6.66. The summed E-state index contributed by atoms with van der Waals surface area (Å²) in [5.41, 5.74) is 0.0615. The van der Waals surface area contributed by atoms with Gasteiger partial charge >= 0.3 is 12.3 Å². The molecule has 2 aliphatic heterocycles. The molecule has 0 unspecified atom stereocenters. The Morgan fingerprint density at radius 3 is 2.59 bits per heavy atom. The van der Waals surface area contributed by atoms with Gasteiger partial charge in [0.2, 0.25) is 11.8 Å². The van der Waals surface area contributed by atoms with Crippen LogP contribution in [0.25, 0.3) is 16.9 Å². The molecule has 5 rings (SSSR count). The molecule has 2 fully saturated rings. The molecule has 18 heteroatoms. The number of alkyl halides is 3. The molecular formula is C33H43F3N10O5. The highest BCUT2D eigenvalue weighted by molar-refractivity contribution is 5.91. The number of morpholine rings is 1. The van der Waals surface area contributed by atoms with Gasteiger partial charge in [0.15, 0.2) is 11.6 Å². The zero-order valence-corrected chi connectivity index (χ0v) is 29.1. The Morgan fingerprint density at radius 2 is 1.90 bits per heavy atom. The van der Waals surface area contributed by atoms with E-state index >= 15 is 0 Å². The Balaban J connectivity index is 1.32. The van der Waals surface area contributed by atoms with Crippen LogP contribution in [-0.4, -0.2) is 138 Å². The fourth-order valence-electron chi connectivity index (χ4n) is 5.85. The van der Waals surface area contributed by atoms with Crippen molar-refractivity contribution >= 4 is 35.1 Å². The van der Waals surface area contributed by atoms with E-state index in [9.17, 15) is 27.6 Å². The van der Waals surface area contributed by atoms with Gasteiger partial charge in [0.25, 0.3) is 0 Å². The number of anilines is 2. The van der Waals surface area contributed by atoms with Crippen molar-refractivity contribution in [2.75, 3.05) is 90.4 Å². The van der Waals surface area contributed by atoms with E-state index in [0.29, 0.717) is 63.8 Å². The molecule has 0 saturated carbocycles. The van der Waals surface area contributed by atoms with Crippen molar-refractivity contribution in [2.45, 2.75) is 32.1 Å². The lowest BCUT2D eigenvalue weighted by atomic mass is 10.1. The molecule has 0 spiro atoms. The number of carbonyl (C=O) groups excluding carboxylic acids is 3. The number of halogens is 3. The molecule has 276 valence electrons. The lowest BCUT2D eigenvalue weighted by Gasteiger charge is -2.34. The molecule has 0 bridgehead atoms. The molecule has 0 aliphatic carbocycles. The predicted octanol–water partition coefficient (Wildman–Crippen LogP) is 2.48. The number of piperazine rings is 1. The van der Waals surface area contributed by atoms with Crippen LogP contribution in [0, 0.1) is 0 Å². The average molecular weight is 717 g/mol. The summed E-state index contributed by atoms with van der Waals surface area (Å²) in [4.78, 5) is 53.1. The van der Waals surface area contributed by atoms with E-state index < -0.39 is 17.8 Å². The summed E-state index contributed by atoms with van der Waals surface area (Å²) < 4.78 is 54.7. The van der Waals surface area contributed by atoms with Crippen LogP contribution in [-0.2, 0) is 31.8 Å². The number of fused-ring (bicyclic) bond motifs is 1. The van der Waals surface area contributed by atoms with Gasteiger partial charge in [-0.15, -0.1) is 5.10 Å². The number of aromatic nitrogens is 4. The van der Waals surface area contributed by atoms with Crippen molar-refractivity contribution in [3.8, 4) is 11.4 Å². The monoisotopic (exact) mass is 716 g/mol. The Kier molecular flexibility index (Phi) is 12.1. The third-order valence-electron chi connectivity index (χ3n) is 8.56. The number of rotatable bonds is 11. The van der Waals surface area contributed by atoms with Gasteiger partial charge in [-0.05, 0) is 51.2 Å². The maximum Gasteiger partial charge on any atom is 0.417 e. The van der Waals surface area contributed by atoms with Crippen molar-refractivity contribution in [1.29, 1.82) is 0 Å². The van der Waals surface area contributed by atoms with E-state index in [-0.39, 0.29) is 41.6 Å². The second kappa shape index (κ2) is 16.5. The Hall–Kier alpha value is -4.81. The molecular weight excluding hydrogens is 673 g/mol. The maximum absolute atomic E-state index is 14.4. The van der Waals surface area contributed by atoms with E-state index in [1.54, 1.807) is 17.2 Å². The van der Waals surface area contributed by atoms with E-state index in [2.05, 4.69) is 35.3 Å². The van der Waals surface area contributed by atoms with E-state index in [0.717, 1.165) is 37.9 Å². The molecule has 51 heavy (non-hydrogen) atoms. The van der Waals surface area contributed by atoms with Gasteiger partial charge in [-0.1, -0.05) is 6.08 Å². The molecule has 5 heterocycles. The van der Waals surface area contributed by atoms with Gasteiger partial charge < -0.3 is 29.5 Å². The van der Waals surface area contributed by atoms with Crippen LogP contribution in [0.5, 0.6) is 0 Å². The average Bonchev–Trinajstić information content (AvgIpc) is 3.51. The predicted molar refractivity (Wildman–Crippen MR) is 182 cm³/mol. The number of methoxy groups -OCH3 is 1. The highest BCUT2D eigenvalue weighted by Crippen LogP contribution is 2.38. The molecule has 3 amide bonds. The van der Waals surface area contributed by atoms with Crippen LogP contribution in [0.2, 0.25) is 0 Å². The summed E-state index contributed by atoms with van der Waals surface area (Å²) in [6, 6.07) is 2.54. The topological polar surface area (TPSA) is 150 Å². The van der Waals surface area contributed by atoms with Crippen LogP contribution in [0.15, 0.2) is 36.7 Å². The van der Waals surface area contributed by atoms with Gasteiger partial charge in [0, 0.05) is 58.2 Å². The fraction of sp³-hybridized carbons (Fsp3) is 0.515. The number of pyridine rings is 1. The molecule has 2 aliphatic rings. The molecule has 0 radical (unpaired) electrons. The SMILES string of the molecule is COC(=O)Nc1cc(C(F)(F)F)c(-c2nc(N3CCOC[C@@H]3C)c3cc(CN4CCN(C(=O)CNC(=O)/C=C/CCN(C)C)CC4)cn3n2)cn1. The van der Waals surface area contributed by atoms with Gasteiger partial charge in [-0.25, -0.2) is 19.3 Å². The zero-order chi connectivity index (χ0) is 36.7. The minimum absolute atomic E-state index is 0.0818. The smallest absolute Gasteiger partial charge is 0.417 e. The zero-order valence-electron chi connectivity index (χ0n) is 29.1. The first-order chi connectivity index (χ1) is 24.3. The van der Waals surface area contributed by atoms with Crippen molar-refractivity contribution in [1.82, 2.24) is 39.6 Å². The highest BCUT2D eigenvalue weighted by Gasteiger charge is 2.36. The van der Waals surface area contributed by atoms with Crippen molar-refractivity contribution < 1.29 is 37.0 Å². The summed E-state index contributed by atoms with van der Waals surface area (Å²) in [5, 5.41) is 9.32. The first-order valence-electron chi connectivity index (χ1n) is 16.6. The number of carbonyl (C=O) groups is 3. The fourth-order valence-corrected chi connectivity index (χ4v) is 5.85. The van der Waals surface area contributed by atoms with Crippen LogP contribution in [0.1, 0.15) is 24.5 Å². The minimum atomic E-state index is -4.81. The molecule has 3 aromatic rings. The molecule has 2 saturated heterocycles. The lowest BCUT2D eigenvalue weighted by Crippen LogP contribution is -2.50. The number of nitrogens with one attached hydrogen (secondary N) is 2. The van der Waals surface area contributed by atoms with Gasteiger partial charge in [-0.2, -0.15) is 13.2 Å². The van der Waals surface area contributed by atoms with Crippen LogP contribution >= 0.6 is 0 Å². The molecule has 3 aromatic heterocycles. The number of ether oxygens (including phenoxy) is 2. The highest BCUT2D eigenvalue weighted by atomic mass is 19.4. The largest absolute Gasteiger partial charge is 0.453 e. The van der Waals surface area contributed by atoms with Crippen molar-refractivity contribution in [2.24, 2.45) is 0 Å². The first kappa shape index (κ1) is 37.4. The summed E-state index contributed by atoms with van der Waals surface area (Å²) in [7, 11) is 5.00. The van der Waals surface area contributed by atoms with E-state index in [4.69, 9.17) is 4.74 Å². The van der Waals surface area contributed by atoms with Crippen LogP contribution in [0.4, 0.5) is 29.6 Å². The summed E-state index contributed by atoms with van der Waals surface area (Å²) in [6.07, 6.45) is 0.945. The van der Waals surface area contributed by atoms with Crippen LogP contribution < -0.4 is 15.5 Å². The second-order valence-electron chi connectivity index (χ2n) is 12.7. The number of hydrogen-bond donors (Lipinski definition) is 2. The Bertz CT molecular complexity index is 1740. The molecule has 1 atom stereocenters. The van der Waals surface area contributed by atoms with E-state index in [1.165, 1.54) is 10.6 Å². The molecule has 2 N–H and O–H groups in total. The number of nitrogens with zero attached hydrogens (tertiary/aromatic N) is 8. The molecule has 15 nitrogen and oxygen atoms in total. The summed E-state index contributed by atoms with van der Waals surface area (Å²) >= 11 is 0. The summed E-state index contributed by atoms with van der Waals surface area (Å²) in [5.74, 6) is -0.535.